The molecule has 0 unspecified atom stereocenters. The van der Waals surface area contributed by atoms with Crippen molar-refractivity contribution in [3.8, 4) is 0 Å². The molecule has 2 aliphatic heterocycles. The highest BCUT2D eigenvalue weighted by Crippen LogP contribution is 2.65. The molecule has 4 rings (SSSR count). The standard InChI is InChI=1S/C33H53N5O7S/c1-8-17-34-28(41)25(39)20(2)35-27(40)24-23-21(32(23,6)7)19-38(24)29(42)26(31(3,4)5)36-30(43)37-33(15-11-9-12-16-33)22-14-10-13-18-46(22,44)45/h8,20-24,26H,1,9-19H2,2-7H3,(H,34,41)(H,35,40)(H2,36,37,43)/t20-,21-,22+,23-,24-,26+/m0/s1. The first-order valence-electron chi connectivity index (χ1n) is 16.7. The number of urea groups is 1. The number of fused-ring (bicyclic) bond motifs is 1. The molecule has 2 saturated heterocycles. The minimum Gasteiger partial charge on any atom is -0.346 e. The van der Waals surface area contributed by atoms with Gasteiger partial charge in [0.05, 0.1) is 22.6 Å². The van der Waals surface area contributed by atoms with Crippen molar-refractivity contribution in [1.29, 1.82) is 0 Å². The van der Waals surface area contributed by atoms with Gasteiger partial charge in [-0.2, -0.15) is 0 Å². The van der Waals surface area contributed by atoms with Crippen LogP contribution in [0.15, 0.2) is 12.7 Å². The highest BCUT2D eigenvalue weighted by atomic mass is 32.2. The maximum absolute atomic E-state index is 14.3. The predicted molar refractivity (Wildman–Crippen MR) is 174 cm³/mol. The van der Waals surface area contributed by atoms with Gasteiger partial charge >= 0.3 is 6.03 Å². The molecule has 2 aliphatic carbocycles. The third-order valence-corrected chi connectivity index (χ3v) is 13.2. The summed E-state index contributed by atoms with van der Waals surface area (Å²) in [5, 5.41) is 10.4. The number of nitrogens with one attached hydrogen (secondary N) is 4. The van der Waals surface area contributed by atoms with Gasteiger partial charge in [-0.1, -0.05) is 66.4 Å². The summed E-state index contributed by atoms with van der Waals surface area (Å²) in [7, 11) is -3.38. The Morgan fingerprint density at radius 3 is 2.24 bits per heavy atom. The van der Waals surface area contributed by atoms with E-state index in [2.05, 4.69) is 27.8 Å². The van der Waals surface area contributed by atoms with Crippen molar-refractivity contribution in [2.24, 2.45) is 22.7 Å². The van der Waals surface area contributed by atoms with Crippen molar-refractivity contribution in [2.45, 2.75) is 122 Å². The number of nitrogens with zero attached hydrogens (tertiary/aromatic N) is 1. The Balaban J connectivity index is 1.53. The van der Waals surface area contributed by atoms with E-state index in [0.29, 0.717) is 32.2 Å². The molecule has 0 radical (unpaired) electrons. The van der Waals surface area contributed by atoms with Gasteiger partial charge in [0.25, 0.3) is 5.91 Å². The van der Waals surface area contributed by atoms with E-state index in [-0.39, 0.29) is 29.5 Å². The number of rotatable bonds is 10. The molecule has 258 valence electrons. The number of piperidine rings is 1. The molecule has 0 aromatic carbocycles. The van der Waals surface area contributed by atoms with Crippen LogP contribution in [0.1, 0.15) is 92.9 Å². The van der Waals surface area contributed by atoms with Crippen molar-refractivity contribution in [2.75, 3.05) is 18.8 Å². The SMILES string of the molecule is C=CCNC(=O)C(=O)[C@H](C)NC(=O)[C@@H]1[C@@H]2[C@H](CN1C(=O)[C@@H](NC(=O)NC1([C@H]3CCCCS3(=O)=O)CCCCC1)C(C)(C)C)C2(C)C. The lowest BCUT2D eigenvalue weighted by Crippen LogP contribution is -2.66. The maximum Gasteiger partial charge on any atom is 0.315 e. The maximum atomic E-state index is 14.3. The molecule has 4 aliphatic rings. The lowest BCUT2D eigenvalue weighted by atomic mass is 9.77. The smallest absolute Gasteiger partial charge is 0.315 e. The number of amides is 5. The quantitative estimate of drug-likeness (QED) is 0.205. The van der Waals surface area contributed by atoms with Crippen LogP contribution in [-0.2, 0) is 29.0 Å². The van der Waals surface area contributed by atoms with Crippen molar-refractivity contribution in [3.05, 3.63) is 12.7 Å². The summed E-state index contributed by atoms with van der Waals surface area (Å²) in [4.78, 5) is 68.1. The minimum absolute atomic E-state index is 0.0607. The monoisotopic (exact) mass is 663 g/mol. The molecule has 4 N–H and O–H groups in total. The highest BCUT2D eigenvalue weighted by molar-refractivity contribution is 7.92. The molecular formula is C33H53N5O7S. The molecule has 46 heavy (non-hydrogen) atoms. The molecular weight excluding hydrogens is 610 g/mol. The van der Waals surface area contributed by atoms with E-state index in [1.165, 1.54) is 17.9 Å². The van der Waals surface area contributed by atoms with Crippen LogP contribution >= 0.6 is 0 Å². The average Bonchev–Trinajstić information content (AvgIpc) is 3.28. The lowest BCUT2D eigenvalue weighted by Gasteiger charge is -2.45. The first-order chi connectivity index (χ1) is 21.4. The third kappa shape index (κ3) is 7.13. The highest BCUT2D eigenvalue weighted by Gasteiger charge is 2.70. The summed E-state index contributed by atoms with van der Waals surface area (Å²) < 4.78 is 26.4. The number of carbonyl (C=O) groups excluding carboxylic acids is 5. The summed E-state index contributed by atoms with van der Waals surface area (Å²) in [5.41, 5.74) is -1.84. The molecule has 0 spiro atoms. The molecule has 13 heteroatoms. The van der Waals surface area contributed by atoms with Crippen LogP contribution in [-0.4, -0.2) is 90.6 Å². The number of Topliss-reactive ketones (excluding diaryl/α,β-unsaturated/α-hetero) is 1. The molecule has 0 bridgehead atoms. The zero-order valence-corrected chi connectivity index (χ0v) is 29.1. The second-order valence-corrected chi connectivity index (χ2v) is 17.8. The summed E-state index contributed by atoms with van der Waals surface area (Å²) in [6, 6.07) is -3.60. The largest absolute Gasteiger partial charge is 0.346 e. The molecule has 0 aromatic rings. The summed E-state index contributed by atoms with van der Waals surface area (Å²) in [6.45, 7) is 14.9. The number of likely N-dealkylation sites (tertiary alicyclic amines) is 1. The second-order valence-electron chi connectivity index (χ2n) is 15.4. The van der Waals surface area contributed by atoms with Crippen LogP contribution in [0, 0.1) is 22.7 Å². The van der Waals surface area contributed by atoms with Gasteiger partial charge in [0.15, 0.2) is 9.84 Å². The zero-order valence-electron chi connectivity index (χ0n) is 28.2. The summed E-state index contributed by atoms with van der Waals surface area (Å²) in [6.07, 6.45) is 7.09. The first kappa shape index (κ1) is 35.9. The fourth-order valence-electron chi connectivity index (χ4n) is 8.12. The molecule has 6 atom stereocenters. The number of ketones is 1. The van der Waals surface area contributed by atoms with Gasteiger partial charge < -0.3 is 26.2 Å². The van der Waals surface area contributed by atoms with Crippen LogP contribution < -0.4 is 21.3 Å². The molecule has 4 fully saturated rings. The summed E-state index contributed by atoms with van der Waals surface area (Å²) >= 11 is 0. The van der Waals surface area contributed by atoms with Crippen LogP contribution in [0.5, 0.6) is 0 Å². The average molecular weight is 664 g/mol. The Labute approximate surface area is 273 Å². The van der Waals surface area contributed by atoms with Crippen LogP contribution in [0.25, 0.3) is 0 Å². The fraction of sp³-hybridized carbons (Fsp3) is 0.788. The van der Waals surface area contributed by atoms with Crippen LogP contribution in [0.4, 0.5) is 4.79 Å². The Morgan fingerprint density at radius 2 is 1.65 bits per heavy atom. The van der Waals surface area contributed by atoms with E-state index >= 15 is 0 Å². The topological polar surface area (TPSA) is 171 Å². The fourth-order valence-corrected chi connectivity index (χ4v) is 10.5. The van der Waals surface area contributed by atoms with Crippen molar-refractivity contribution in [3.63, 3.8) is 0 Å². The Morgan fingerprint density at radius 1 is 1.00 bits per heavy atom. The number of carbonyl (C=O) groups is 5. The van der Waals surface area contributed by atoms with E-state index in [9.17, 15) is 32.4 Å². The van der Waals surface area contributed by atoms with Crippen LogP contribution in [0.2, 0.25) is 0 Å². The molecule has 5 amide bonds. The van der Waals surface area contributed by atoms with E-state index in [1.54, 1.807) is 0 Å². The normalized spacial score (nSPS) is 28.9. The van der Waals surface area contributed by atoms with E-state index in [0.717, 1.165) is 25.7 Å². The van der Waals surface area contributed by atoms with Gasteiger partial charge in [0.1, 0.15) is 12.1 Å². The summed E-state index contributed by atoms with van der Waals surface area (Å²) in [5.74, 6) is -2.56. The van der Waals surface area contributed by atoms with Crippen molar-refractivity contribution < 1.29 is 32.4 Å². The third-order valence-electron chi connectivity index (χ3n) is 10.8. The zero-order chi connectivity index (χ0) is 34.2. The van der Waals surface area contributed by atoms with E-state index in [4.69, 9.17) is 0 Å². The predicted octanol–water partition coefficient (Wildman–Crippen LogP) is 2.23. The van der Waals surface area contributed by atoms with Crippen LogP contribution in [0.3, 0.4) is 0 Å². The number of hydrogen-bond donors (Lipinski definition) is 4. The van der Waals surface area contributed by atoms with Gasteiger partial charge in [0, 0.05) is 13.1 Å². The number of sulfone groups is 1. The van der Waals surface area contributed by atoms with E-state index in [1.807, 2.05) is 34.6 Å². The first-order valence-corrected chi connectivity index (χ1v) is 18.4. The second kappa shape index (κ2) is 13.3. The van der Waals surface area contributed by atoms with Gasteiger partial charge in [0.2, 0.25) is 17.6 Å². The molecule has 0 aromatic heterocycles. The van der Waals surface area contributed by atoms with Gasteiger partial charge in [-0.05, 0) is 55.3 Å². The minimum atomic E-state index is -3.38. The van der Waals surface area contributed by atoms with Gasteiger partial charge in [-0.25, -0.2) is 13.2 Å². The molecule has 12 nitrogen and oxygen atoms in total. The van der Waals surface area contributed by atoms with Gasteiger partial charge in [-0.15, -0.1) is 6.58 Å². The molecule has 2 heterocycles. The van der Waals surface area contributed by atoms with Crippen molar-refractivity contribution in [1.82, 2.24) is 26.2 Å². The Hall–Kier alpha value is -2.96. The Kier molecular flexibility index (Phi) is 10.4. The number of hydrogen-bond acceptors (Lipinski definition) is 7. The van der Waals surface area contributed by atoms with Gasteiger partial charge in [-0.3, -0.25) is 19.2 Å². The Bertz CT molecular complexity index is 1350. The van der Waals surface area contributed by atoms with Crippen molar-refractivity contribution >= 4 is 39.4 Å². The molecule has 2 saturated carbocycles. The van der Waals surface area contributed by atoms with E-state index < -0.39 is 73.7 Å². The lowest BCUT2D eigenvalue weighted by molar-refractivity contribution is -0.145.